The fourth-order valence-corrected chi connectivity index (χ4v) is 4.16. The molecule has 0 unspecified atom stereocenters. The van der Waals surface area contributed by atoms with E-state index in [4.69, 9.17) is 0 Å². The zero-order valence-corrected chi connectivity index (χ0v) is 18.9. The normalized spacial score (nSPS) is 12.7. The molecule has 5 nitrogen and oxygen atoms in total. The number of H-pyrrole nitrogens is 2. The summed E-state index contributed by atoms with van der Waals surface area (Å²) >= 11 is 3.44. The van der Waals surface area contributed by atoms with Crippen molar-refractivity contribution in [1.82, 2.24) is 14.9 Å². The molecule has 156 valence electrons. The topological polar surface area (TPSA) is 69.0 Å². The van der Waals surface area contributed by atoms with Crippen molar-refractivity contribution in [3.8, 4) is 0 Å². The van der Waals surface area contributed by atoms with Crippen molar-refractivity contribution in [3.63, 3.8) is 0 Å². The van der Waals surface area contributed by atoms with E-state index in [0.29, 0.717) is 0 Å². The van der Waals surface area contributed by atoms with Gasteiger partial charge in [-0.05, 0) is 67.9 Å². The number of hydrogen-bond donors (Lipinski definition) is 2. The summed E-state index contributed by atoms with van der Waals surface area (Å²) in [5.74, 6) is 1.01. The number of aromatic nitrogens is 2. The molecular weight excluding hydrogens is 414 g/mol. The fourth-order valence-electron chi connectivity index (χ4n) is 2.74. The van der Waals surface area contributed by atoms with Crippen LogP contribution in [0, 0.1) is 0 Å². The molecule has 0 atom stereocenters. The molecule has 1 aromatic heterocycles. The van der Waals surface area contributed by atoms with E-state index in [1.807, 2.05) is 54.8 Å². The van der Waals surface area contributed by atoms with Crippen LogP contribution in [0.2, 0.25) is 0 Å². The minimum atomic E-state index is -0.328. The van der Waals surface area contributed by atoms with E-state index in [-0.39, 0.29) is 21.8 Å². The molecule has 30 heavy (non-hydrogen) atoms. The van der Waals surface area contributed by atoms with Crippen LogP contribution in [0.15, 0.2) is 67.9 Å². The van der Waals surface area contributed by atoms with Crippen LogP contribution < -0.4 is 21.8 Å². The highest BCUT2D eigenvalue weighted by atomic mass is 32.2. The van der Waals surface area contributed by atoms with Gasteiger partial charge in [-0.2, -0.15) is 0 Å². The van der Waals surface area contributed by atoms with Crippen LogP contribution >= 0.6 is 23.5 Å². The highest BCUT2D eigenvalue weighted by molar-refractivity contribution is 7.99. The van der Waals surface area contributed by atoms with Gasteiger partial charge < -0.3 is 14.9 Å². The van der Waals surface area contributed by atoms with Gasteiger partial charge in [-0.15, -0.1) is 23.5 Å². The van der Waals surface area contributed by atoms with E-state index >= 15 is 0 Å². The molecule has 0 amide bonds. The van der Waals surface area contributed by atoms with E-state index in [2.05, 4.69) is 29.0 Å². The third-order valence-electron chi connectivity index (χ3n) is 4.41. The van der Waals surface area contributed by atoms with E-state index in [9.17, 15) is 9.59 Å². The van der Waals surface area contributed by atoms with Crippen LogP contribution in [0.1, 0.15) is 11.1 Å². The van der Waals surface area contributed by atoms with Gasteiger partial charge in [0.15, 0.2) is 0 Å². The van der Waals surface area contributed by atoms with Crippen LogP contribution in [-0.2, 0) is 0 Å². The van der Waals surface area contributed by atoms with Crippen LogP contribution in [0.4, 0.5) is 0 Å². The van der Waals surface area contributed by atoms with E-state index in [1.165, 1.54) is 4.90 Å². The zero-order valence-electron chi connectivity index (χ0n) is 17.3. The average molecular weight is 440 g/mol. The molecule has 0 aliphatic heterocycles. The Morgan fingerprint density at radius 1 is 0.800 bits per heavy atom. The second-order valence-corrected chi connectivity index (χ2v) is 9.07. The van der Waals surface area contributed by atoms with Crippen LogP contribution in [-0.4, -0.2) is 47.5 Å². The molecule has 3 rings (SSSR count). The lowest BCUT2D eigenvalue weighted by molar-refractivity contribution is 0.437. The molecule has 2 aromatic carbocycles. The summed E-state index contributed by atoms with van der Waals surface area (Å²) in [6.07, 6.45) is 5.37. The molecule has 7 heteroatoms. The van der Waals surface area contributed by atoms with Crippen molar-refractivity contribution in [1.29, 1.82) is 0 Å². The number of aromatic amines is 2. The summed E-state index contributed by atoms with van der Waals surface area (Å²) in [5.41, 5.74) is 1.06. The third kappa shape index (κ3) is 6.26. The summed E-state index contributed by atoms with van der Waals surface area (Å²) in [5, 5.41) is 0.476. The first-order chi connectivity index (χ1) is 14.4. The molecule has 0 aliphatic carbocycles. The van der Waals surface area contributed by atoms with E-state index < -0.39 is 0 Å². The summed E-state index contributed by atoms with van der Waals surface area (Å²) < 4.78 is 0. The largest absolute Gasteiger partial charge is 0.316 e. The predicted octanol–water partition coefficient (Wildman–Crippen LogP) is 2.10. The molecule has 0 spiro atoms. The summed E-state index contributed by atoms with van der Waals surface area (Å²) in [6, 6.07) is 15.7. The number of nitrogens with zero attached hydrogens (tertiary/aromatic N) is 1. The molecule has 0 saturated carbocycles. The van der Waals surface area contributed by atoms with Crippen molar-refractivity contribution in [2.24, 2.45) is 0 Å². The molecule has 1 heterocycles. The summed E-state index contributed by atoms with van der Waals surface area (Å²) in [4.78, 5) is 34.8. The number of hydrogen-bond acceptors (Lipinski definition) is 5. The molecule has 0 saturated heterocycles. The number of benzene rings is 2. The van der Waals surface area contributed by atoms with Crippen molar-refractivity contribution in [3.05, 3.63) is 91.1 Å². The Morgan fingerprint density at radius 3 is 1.70 bits per heavy atom. The van der Waals surface area contributed by atoms with Crippen molar-refractivity contribution < 1.29 is 0 Å². The smallest absolute Gasteiger partial charge is 0.272 e. The summed E-state index contributed by atoms with van der Waals surface area (Å²) in [6.45, 7) is 1.01. The van der Waals surface area contributed by atoms with Crippen LogP contribution in [0.25, 0.3) is 12.2 Å². The average Bonchev–Trinajstić information content (AvgIpc) is 2.73. The molecular formula is C23H25N3O2S2. The highest BCUT2D eigenvalue weighted by Crippen LogP contribution is 2.18. The minimum Gasteiger partial charge on any atom is -0.316 e. The van der Waals surface area contributed by atoms with E-state index in [1.54, 1.807) is 35.7 Å². The van der Waals surface area contributed by atoms with Crippen molar-refractivity contribution in [2.75, 3.05) is 32.6 Å². The highest BCUT2D eigenvalue weighted by Gasteiger charge is 1.99. The summed E-state index contributed by atoms with van der Waals surface area (Å²) in [7, 11) is 4.11. The van der Waals surface area contributed by atoms with Crippen LogP contribution in [0.3, 0.4) is 0 Å². The lowest BCUT2D eigenvalue weighted by atomic mass is 10.2. The van der Waals surface area contributed by atoms with Crippen LogP contribution in [0.5, 0.6) is 0 Å². The zero-order chi connectivity index (χ0) is 21.5. The Bertz CT molecular complexity index is 1210. The third-order valence-corrected chi connectivity index (χ3v) is 6.15. The predicted molar refractivity (Wildman–Crippen MR) is 128 cm³/mol. The molecule has 3 aromatic rings. The van der Waals surface area contributed by atoms with Crippen molar-refractivity contribution in [2.45, 2.75) is 9.79 Å². The Kier molecular flexibility index (Phi) is 7.79. The Labute approximate surface area is 183 Å². The lowest BCUT2D eigenvalue weighted by Gasteiger charge is -2.08. The fraction of sp³-hybridized carbons (Fsp3) is 0.217. The molecule has 2 N–H and O–H groups in total. The Hall–Kier alpha value is -2.48. The number of thioether (sulfide) groups is 2. The van der Waals surface area contributed by atoms with Gasteiger partial charge >= 0.3 is 0 Å². The van der Waals surface area contributed by atoms with E-state index in [0.717, 1.165) is 28.3 Å². The SMILES string of the molecule is CSc1ccc(/C=c2\[nH]c(=O)/c(=C/c3ccc(SCCN(C)C)cc3)[nH]c2=O)cc1. The maximum absolute atomic E-state index is 12.5. The first-order valence-corrected chi connectivity index (χ1v) is 11.7. The van der Waals surface area contributed by atoms with Gasteiger partial charge in [0, 0.05) is 22.1 Å². The van der Waals surface area contributed by atoms with Gasteiger partial charge in [0.2, 0.25) is 0 Å². The van der Waals surface area contributed by atoms with Gasteiger partial charge in [0.05, 0.1) is 0 Å². The molecule has 0 radical (unpaired) electrons. The lowest BCUT2D eigenvalue weighted by Crippen LogP contribution is -2.46. The Morgan fingerprint density at radius 2 is 1.27 bits per heavy atom. The first-order valence-electron chi connectivity index (χ1n) is 9.52. The maximum atomic E-state index is 12.5. The second kappa shape index (κ2) is 10.5. The van der Waals surface area contributed by atoms with Crippen molar-refractivity contribution >= 4 is 35.7 Å². The van der Waals surface area contributed by atoms with Gasteiger partial charge in [-0.25, -0.2) is 0 Å². The number of nitrogens with one attached hydrogen (secondary N) is 2. The van der Waals surface area contributed by atoms with Gasteiger partial charge in [-0.1, -0.05) is 24.3 Å². The monoisotopic (exact) mass is 439 g/mol. The standard InChI is InChI=1S/C23H25N3O2S2/c1-26(2)12-13-30-19-10-6-17(7-11-19)15-21-23(28)24-20(22(27)25-21)14-16-4-8-18(29-3)9-5-16/h4-11,14-15H,12-13H2,1-3H3,(H,24,28)(H,25,27)/b20-14-,21-15-. The quantitative estimate of drug-likeness (QED) is 0.552. The minimum absolute atomic E-state index is 0.238. The molecule has 0 bridgehead atoms. The Balaban J connectivity index is 1.84. The first kappa shape index (κ1) is 22.2. The van der Waals surface area contributed by atoms with Gasteiger partial charge in [-0.3, -0.25) is 9.59 Å². The van der Waals surface area contributed by atoms with Gasteiger partial charge in [0.25, 0.3) is 11.1 Å². The molecule has 0 aliphatic rings. The maximum Gasteiger partial charge on any atom is 0.272 e. The second-order valence-electron chi connectivity index (χ2n) is 7.02. The number of rotatable bonds is 7. The van der Waals surface area contributed by atoms with Gasteiger partial charge in [0.1, 0.15) is 10.7 Å². The molecule has 0 fully saturated rings.